The van der Waals surface area contributed by atoms with Gasteiger partial charge in [-0.05, 0) is 56.7 Å². The molecule has 5 nitrogen and oxygen atoms in total. The summed E-state index contributed by atoms with van der Waals surface area (Å²) < 4.78 is 5.48. The lowest BCUT2D eigenvalue weighted by atomic mass is 10.1. The predicted molar refractivity (Wildman–Crippen MR) is 104 cm³/mol. The predicted octanol–water partition coefficient (Wildman–Crippen LogP) is 4.15. The molecule has 0 aromatic heterocycles. The number of nitrogens with zero attached hydrogens (tertiary/aromatic N) is 1. The third-order valence-electron chi connectivity index (χ3n) is 3.89. The van der Waals surface area contributed by atoms with Crippen LogP contribution in [0.25, 0.3) is 0 Å². The molecule has 0 aliphatic carbocycles. The fraction of sp³-hybridized carbons (Fsp3) is 0.300. The van der Waals surface area contributed by atoms with Crippen LogP contribution in [0.4, 0.5) is 5.69 Å². The van der Waals surface area contributed by atoms with Gasteiger partial charge in [0.1, 0.15) is 5.75 Å². The number of halogens is 1. The van der Waals surface area contributed by atoms with Crippen LogP contribution in [0.3, 0.4) is 0 Å². The Labute approximate surface area is 158 Å². The summed E-state index contributed by atoms with van der Waals surface area (Å²) in [6, 6.07) is 12.2. The number of carbonyl (C=O) groups is 2. The molecule has 2 rings (SSSR count). The Balaban J connectivity index is 2.00. The van der Waals surface area contributed by atoms with Gasteiger partial charge in [-0.2, -0.15) is 0 Å². The molecule has 1 N–H and O–H groups in total. The van der Waals surface area contributed by atoms with Crippen LogP contribution in [0, 0.1) is 6.92 Å². The molecule has 0 aliphatic rings. The number of amides is 2. The molecule has 0 saturated heterocycles. The van der Waals surface area contributed by atoms with Crippen LogP contribution in [0.5, 0.6) is 5.75 Å². The molecule has 0 atom stereocenters. The Morgan fingerprint density at radius 2 is 1.85 bits per heavy atom. The Morgan fingerprint density at radius 1 is 1.12 bits per heavy atom. The molecule has 2 amide bonds. The van der Waals surface area contributed by atoms with Gasteiger partial charge in [0, 0.05) is 24.3 Å². The molecule has 2 aromatic rings. The van der Waals surface area contributed by atoms with Crippen molar-refractivity contribution >= 4 is 29.1 Å². The van der Waals surface area contributed by atoms with Crippen LogP contribution in [-0.2, 0) is 4.79 Å². The van der Waals surface area contributed by atoms with Crippen molar-refractivity contribution in [1.29, 1.82) is 0 Å². The monoisotopic (exact) mass is 374 g/mol. The highest BCUT2D eigenvalue weighted by Gasteiger charge is 2.13. The second-order valence-electron chi connectivity index (χ2n) is 5.83. The number of anilines is 1. The highest BCUT2D eigenvalue weighted by molar-refractivity contribution is 6.32. The highest BCUT2D eigenvalue weighted by Crippen LogP contribution is 2.25. The molecule has 26 heavy (non-hydrogen) atoms. The van der Waals surface area contributed by atoms with Crippen molar-refractivity contribution in [3.05, 3.63) is 58.6 Å². The number of benzene rings is 2. The highest BCUT2D eigenvalue weighted by atomic mass is 35.5. The van der Waals surface area contributed by atoms with Gasteiger partial charge in [-0.25, -0.2) is 0 Å². The maximum atomic E-state index is 12.4. The maximum absolute atomic E-state index is 12.4. The van der Waals surface area contributed by atoms with E-state index < -0.39 is 0 Å². The van der Waals surface area contributed by atoms with Crippen molar-refractivity contribution in [2.24, 2.45) is 0 Å². The molecule has 0 bridgehead atoms. The largest absolute Gasteiger partial charge is 0.482 e. The fourth-order valence-corrected chi connectivity index (χ4v) is 2.66. The average Bonchev–Trinajstić information content (AvgIpc) is 2.63. The van der Waals surface area contributed by atoms with E-state index in [1.54, 1.807) is 41.3 Å². The van der Waals surface area contributed by atoms with Crippen molar-refractivity contribution in [3.8, 4) is 5.75 Å². The average molecular weight is 375 g/mol. The number of rotatable bonds is 7. The second kappa shape index (κ2) is 9.25. The van der Waals surface area contributed by atoms with E-state index in [0.717, 1.165) is 5.56 Å². The van der Waals surface area contributed by atoms with Crippen molar-refractivity contribution < 1.29 is 14.3 Å². The number of nitrogens with one attached hydrogen (secondary N) is 1. The van der Waals surface area contributed by atoms with Crippen molar-refractivity contribution in [2.45, 2.75) is 20.8 Å². The maximum Gasteiger partial charge on any atom is 0.262 e. The van der Waals surface area contributed by atoms with Crippen LogP contribution in [0.15, 0.2) is 42.5 Å². The van der Waals surface area contributed by atoms with E-state index in [0.29, 0.717) is 35.1 Å². The molecule has 0 saturated carbocycles. The van der Waals surface area contributed by atoms with Crippen LogP contribution in [0.2, 0.25) is 5.02 Å². The van der Waals surface area contributed by atoms with E-state index in [9.17, 15) is 9.59 Å². The number of carbonyl (C=O) groups excluding carboxylic acids is 2. The Morgan fingerprint density at radius 3 is 2.54 bits per heavy atom. The van der Waals surface area contributed by atoms with E-state index in [2.05, 4.69) is 5.32 Å². The molecule has 0 unspecified atom stereocenters. The summed E-state index contributed by atoms with van der Waals surface area (Å²) in [5.74, 6) is 0.0798. The fourth-order valence-electron chi connectivity index (χ4n) is 2.48. The van der Waals surface area contributed by atoms with Gasteiger partial charge in [-0.15, -0.1) is 0 Å². The summed E-state index contributed by atoms with van der Waals surface area (Å²) in [5.41, 5.74) is 2.08. The summed E-state index contributed by atoms with van der Waals surface area (Å²) in [6.45, 7) is 6.88. The van der Waals surface area contributed by atoms with Crippen LogP contribution < -0.4 is 10.1 Å². The summed E-state index contributed by atoms with van der Waals surface area (Å²) >= 11 is 6.05. The Kier molecular flexibility index (Phi) is 7.04. The first kappa shape index (κ1) is 19.8. The van der Waals surface area contributed by atoms with Crippen LogP contribution >= 0.6 is 11.6 Å². The molecule has 2 aromatic carbocycles. The van der Waals surface area contributed by atoms with Crippen molar-refractivity contribution in [2.75, 3.05) is 25.0 Å². The van der Waals surface area contributed by atoms with Gasteiger partial charge in [0.2, 0.25) is 0 Å². The summed E-state index contributed by atoms with van der Waals surface area (Å²) in [5, 5.41) is 3.19. The molecular formula is C20H23ClN2O3. The quantitative estimate of drug-likeness (QED) is 0.792. The van der Waals surface area contributed by atoms with Gasteiger partial charge in [0.05, 0.1) is 5.02 Å². The van der Waals surface area contributed by atoms with Gasteiger partial charge in [-0.3, -0.25) is 9.59 Å². The van der Waals surface area contributed by atoms with Gasteiger partial charge in [-0.1, -0.05) is 23.7 Å². The van der Waals surface area contributed by atoms with E-state index in [4.69, 9.17) is 16.3 Å². The SMILES string of the molecule is CCN(CC)C(=O)c1cccc(NC(=O)COc2cc(C)ccc2Cl)c1. The van der Waals surface area contributed by atoms with E-state index in [-0.39, 0.29) is 18.4 Å². The summed E-state index contributed by atoms with van der Waals surface area (Å²) in [4.78, 5) is 26.3. The van der Waals surface area contributed by atoms with Crippen molar-refractivity contribution in [1.82, 2.24) is 4.90 Å². The minimum Gasteiger partial charge on any atom is -0.482 e. The lowest BCUT2D eigenvalue weighted by molar-refractivity contribution is -0.118. The Bertz CT molecular complexity index is 788. The molecule has 0 aliphatic heterocycles. The molecule has 0 spiro atoms. The first-order valence-electron chi connectivity index (χ1n) is 8.52. The lowest BCUT2D eigenvalue weighted by Crippen LogP contribution is -2.30. The van der Waals surface area contributed by atoms with Gasteiger partial charge in [0.25, 0.3) is 11.8 Å². The van der Waals surface area contributed by atoms with E-state index >= 15 is 0 Å². The van der Waals surface area contributed by atoms with Gasteiger partial charge >= 0.3 is 0 Å². The lowest BCUT2D eigenvalue weighted by Gasteiger charge is -2.19. The third-order valence-corrected chi connectivity index (χ3v) is 4.20. The van der Waals surface area contributed by atoms with Crippen molar-refractivity contribution in [3.63, 3.8) is 0 Å². The topological polar surface area (TPSA) is 58.6 Å². The first-order valence-corrected chi connectivity index (χ1v) is 8.90. The molecule has 0 heterocycles. The van der Waals surface area contributed by atoms with Gasteiger partial charge < -0.3 is 15.0 Å². The van der Waals surface area contributed by atoms with Gasteiger partial charge in [0.15, 0.2) is 6.61 Å². The standard InChI is InChI=1S/C20H23ClN2O3/c1-4-23(5-2)20(25)15-7-6-8-16(12-15)22-19(24)13-26-18-11-14(3)9-10-17(18)21/h6-12H,4-5,13H2,1-3H3,(H,22,24). The molecule has 0 radical (unpaired) electrons. The zero-order chi connectivity index (χ0) is 19.1. The summed E-state index contributed by atoms with van der Waals surface area (Å²) in [6.07, 6.45) is 0. The minimum absolute atomic E-state index is 0.0612. The van der Waals surface area contributed by atoms with Crippen LogP contribution in [0.1, 0.15) is 29.8 Å². The second-order valence-corrected chi connectivity index (χ2v) is 6.24. The zero-order valence-corrected chi connectivity index (χ0v) is 16.0. The van der Waals surface area contributed by atoms with E-state index in [1.807, 2.05) is 26.8 Å². The zero-order valence-electron chi connectivity index (χ0n) is 15.2. The first-order chi connectivity index (χ1) is 12.4. The molecule has 0 fully saturated rings. The smallest absolute Gasteiger partial charge is 0.262 e. The normalized spacial score (nSPS) is 10.3. The number of hydrogen-bond donors (Lipinski definition) is 1. The van der Waals surface area contributed by atoms with E-state index in [1.165, 1.54) is 0 Å². The summed E-state index contributed by atoms with van der Waals surface area (Å²) in [7, 11) is 0. The number of hydrogen-bond acceptors (Lipinski definition) is 3. The number of ether oxygens (including phenoxy) is 1. The number of aryl methyl sites for hydroxylation is 1. The molecule has 138 valence electrons. The van der Waals surface area contributed by atoms with Crippen LogP contribution in [-0.4, -0.2) is 36.4 Å². The minimum atomic E-state index is -0.324. The third kappa shape index (κ3) is 5.23. The molecular weight excluding hydrogens is 352 g/mol. The Hall–Kier alpha value is -2.53. The molecule has 6 heteroatoms.